The van der Waals surface area contributed by atoms with Crippen LogP contribution in [-0.4, -0.2) is 46.2 Å². The standard InChI is InChI=1S/C15H16FN3O3/c1-10-7-18(4-5-22-10)14(20)8-19-9-17-13-6-11(16)2-3-12(13)15(19)21/h2-3,6,9-10H,4-5,7-8H2,1H3/t10-/m1/s1. The van der Waals surface area contributed by atoms with Crippen LogP contribution in [0.1, 0.15) is 6.92 Å². The molecule has 6 nitrogen and oxygen atoms in total. The van der Waals surface area contributed by atoms with Gasteiger partial charge in [0.2, 0.25) is 5.91 Å². The molecule has 0 radical (unpaired) electrons. The maximum Gasteiger partial charge on any atom is 0.261 e. The molecule has 3 rings (SSSR count). The molecule has 116 valence electrons. The summed E-state index contributed by atoms with van der Waals surface area (Å²) in [7, 11) is 0. The third-order valence-corrected chi connectivity index (χ3v) is 3.69. The number of amides is 1. The highest BCUT2D eigenvalue weighted by atomic mass is 19.1. The fraction of sp³-hybridized carbons (Fsp3) is 0.400. The number of nitrogens with zero attached hydrogens (tertiary/aromatic N) is 3. The second kappa shape index (κ2) is 5.84. The smallest absolute Gasteiger partial charge is 0.261 e. The molecule has 1 aliphatic rings. The third kappa shape index (κ3) is 2.85. The van der Waals surface area contributed by atoms with E-state index in [0.29, 0.717) is 25.1 Å². The molecule has 0 aliphatic carbocycles. The molecule has 1 aromatic carbocycles. The van der Waals surface area contributed by atoms with Gasteiger partial charge >= 0.3 is 0 Å². The summed E-state index contributed by atoms with van der Waals surface area (Å²) in [6, 6.07) is 3.80. The molecule has 0 N–H and O–H groups in total. The number of hydrogen-bond acceptors (Lipinski definition) is 4. The molecule has 1 saturated heterocycles. The zero-order valence-electron chi connectivity index (χ0n) is 12.2. The largest absolute Gasteiger partial charge is 0.375 e. The van der Waals surface area contributed by atoms with Crippen molar-refractivity contribution in [2.24, 2.45) is 0 Å². The van der Waals surface area contributed by atoms with Gasteiger partial charge in [-0.25, -0.2) is 9.37 Å². The van der Waals surface area contributed by atoms with Crippen LogP contribution in [0.4, 0.5) is 4.39 Å². The van der Waals surface area contributed by atoms with Gasteiger partial charge in [-0.15, -0.1) is 0 Å². The van der Waals surface area contributed by atoms with Gasteiger partial charge in [-0.05, 0) is 19.1 Å². The van der Waals surface area contributed by atoms with Gasteiger partial charge in [-0.1, -0.05) is 0 Å². The molecular formula is C15H16FN3O3. The van der Waals surface area contributed by atoms with Gasteiger partial charge in [-0.2, -0.15) is 0 Å². The van der Waals surface area contributed by atoms with E-state index in [1.165, 1.54) is 29.1 Å². The summed E-state index contributed by atoms with van der Waals surface area (Å²) in [6.07, 6.45) is 1.28. The van der Waals surface area contributed by atoms with E-state index in [9.17, 15) is 14.0 Å². The Morgan fingerprint density at radius 3 is 3.09 bits per heavy atom. The normalized spacial score (nSPS) is 18.6. The number of hydrogen-bond donors (Lipinski definition) is 0. The highest BCUT2D eigenvalue weighted by Gasteiger charge is 2.22. The first-order chi connectivity index (χ1) is 10.5. The lowest BCUT2D eigenvalue weighted by atomic mass is 10.2. The Morgan fingerprint density at radius 2 is 2.32 bits per heavy atom. The van der Waals surface area contributed by atoms with Crippen molar-refractivity contribution in [1.29, 1.82) is 0 Å². The number of halogens is 1. The Balaban J connectivity index is 1.84. The topological polar surface area (TPSA) is 64.4 Å². The summed E-state index contributed by atoms with van der Waals surface area (Å²) in [5.41, 5.74) is -0.0617. The van der Waals surface area contributed by atoms with Crippen LogP contribution in [0.5, 0.6) is 0 Å². The quantitative estimate of drug-likeness (QED) is 0.822. The number of benzene rings is 1. The number of rotatable bonds is 2. The van der Waals surface area contributed by atoms with E-state index in [4.69, 9.17) is 4.74 Å². The van der Waals surface area contributed by atoms with Crippen molar-refractivity contribution in [3.63, 3.8) is 0 Å². The van der Waals surface area contributed by atoms with Crippen molar-refractivity contribution in [1.82, 2.24) is 14.5 Å². The van der Waals surface area contributed by atoms with Gasteiger partial charge in [0.15, 0.2) is 0 Å². The minimum Gasteiger partial charge on any atom is -0.375 e. The summed E-state index contributed by atoms with van der Waals surface area (Å²) >= 11 is 0. The lowest BCUT2D eigenvalue weighted by Crippen LogP contribution is -2.46. The molecular weight excluding hydrogens is 289 g/mol. The van der Waals surface area contributed by atoms with Crippen molar-refractivity contribution in [3.05, 3.63) is 40.7 Å². The minimum atomic E-state index is -0.449. The average molecular weight is 305 g/mol. The van der Waals surface area contributed by atoms with Gasteiger partial charge in [0.1, 0.15) is 12.4 Å². The number of ether oxygens (including phenoxy) is 1. The average Bonchev–Trinajstić information content (AvgIpc) is 2.50. The van der Waals surface area contributed by atoms with Crippen molar-refractivity contribution >= 4 is 16.8 Å². The summed E-state index contributed by atoms with van der Waals surface area (Å²) in [5.74, 6) is -0.601. The first-order valence-corrected chi connectivity index (χ1v) is 7.08. The van der Waals surface area contributed by atoms with E-state index in [2.05, 4.69) is 4.98 Å². The molecule has 2 heterocycles. The molecule has 0 saturated carbocycles. The van der Waals surface area contributed by atoms with Crippen LogP contribution in [0, 0.1) is 5.82 Å². The van der Waals surface area contributed by atoms with Gasteiger partial charge in [0, 0.05) is 19.2 Å². The molecule has 0 bridgehead atoms. The molecule has 0 unspecified atom stereocenters. The molecule has 7 heteroatoms. The van der Waals surface area contributed by atoms with Gasteiger partial charge in [-0.3, -0.25) is 14.2 Å². The van der Waals surface area contributed by atoms with Crippen LogP contribution in [0.3, 0.4) is 0 Å². The van der Waals surface area contributed by atoms with Crippen LogP contribution in [0.25, 0.3) is 10.9 Å². The SMILES string of the molecule is C[C@@H]1CN(C(=O)Cn2cnc3cc(F)ccc3c2=O)CCO1. The molecule has 1 amide bonds. The second-order valence-electron chi connectivity index (χ2n) is 5.36. The number of carbonyl (C=O) groups is 1. The van der Waals surface area contributed by atoms with E-state index in [-0.39, 0.29) is 29.6 Å². The van der Waals surface area contributed by atoms with E-state index >= 15 is 0 Å². The monoisotopic (exact) mass is 305 g/mol. The van der Waals surface area contributed by atoms with E-state index in [1.807, 2.05) is 6.92 Å². The van der Waals surface area contributed by atoms with Crippen molar-refractivity contribution < 1.29 is 13.9 Å². The van der Waals surface area contributed by atoms with Crippen molar-refractivity contribution in [2.75, 3.05) is 19.7 Å². The Bertz CT molecular complexity index is 774. The molecule has 1 fully saturated rings. The molecule has 1 aliphatic heterocycles. The number of morpholine rings is 1. The number of carbonyl (C=O) groups excluding carboxylic acids is 1. The molecule has 1 atom stereocenters. The first kappa shape index (κ1) is 14.6. The van der Waals surface area contributed by atoms with Gasteiger partial charge in [0.05, 0.1) is 29.9 Å². The highest BCUT2D eigenvalue weighted by molar-refractivity contribution is 5.79. The van der Waals surface area contributed by atoms with Crippen LogP contribution in [0.2, 0.25) is 0 Å². The lowest BCUT2D eigenvalue weighted by Gasteiger charge is -2.31. The third-order valence-electron chi connectivity index (χ3n) is 3.69. The van der Waals surface area contributed by atoms with Crippen LogP contribution < -0.4 is 5.56 Å². The Kier molecular flexibility index (Phi) is 3.89. The number of fused-ring (bicyclic) bond motifs is 1. The van der Waals surface area contributed by atoms with Crippen molar-refractivity contribution in [3.8, 4) is 0 Å². The molecule has 22 heavy (non-hydrogen) atoms. The minimum absolute atomic E-state index is 0.00729. The zero-order chi connectivity index (χ0) is 15.7. The Hall–Kier alpha value is -2.28. The summed E-state index contributed by atoms with van der Waals surface area (Å²) in [5, 5.41) is 0.298. The predicted molar refractivity (Wildman–Crippen MR) is 78.0 cm³/mol. The second-order valence-corrected chi connectivity index (χ2v) is 5.36. The predicted octanol–water partition coefficient (Wildman–Crippen LogP) is 0.783. The van der Waals surface area contributed by atoms with Crippen LogP contribution >= 0.6 is 0 Å². The molecule has 1 aromatic heterocycles. The summed E-state index contributed by atoms with van der Waals surface area (Å²) in [6.45, 7) is 3.35. The van der Waals surface area contributed by atoms with Crippen LogP contribution in [0.15, 0.2) is 29.3 Å². The molecule has 0 spiro atoms. The number of aromatic nitrogens is 2. The Morgan fingerprint density at radius 1 is 1.50 bits per heavy atom. The van der Waals surface area contributed by atoms with Gasteiger partial charge in [0.25, 0.3) is 5.56 Å². The molecule has 2 aromatic rings. The maximum atomic E-state index is 13.1. The summed E-state index contributed by atoms with van der Waals surface area (Å²) in [4.78, 5) is 30.3. The maximum absolute atomic E-state index is 13.1. The lowest BCUT2D eigenvalue weighted by molar-refractivity contribution is -0.138. The fourth-order valence-electron chi connectivity index (χ4n) is 2.53. The van der Waals surface area contributed by atoms with Crippen LogP contribution in [-0.2, 0) is 16.1 Å². The van der Waals surface area contributed by atoms with Gasteiger partial charge < -0.3 is 9.64 Å². The highest BCUT2D eigenvalue weighted by Crippen LogP contribution is 2.09. The zero-order valence-corrected chi connectivity index (χ0v) is 12.2. The summed E-state index contributed by atoms with van der Waals surface area (Å²) < 4.78 is 19.8. The Labute approximate surface area is 126 Å². The first-order valence-electron chi connectivity index (χ1n) is 7.08. The fourth-order valence-corrected chi connectivity index (χ4v) is 2.53. The van der Waals surface area contributed by atoms with Crippen molar-refractivity contribution in [2.45, 2.75) is 19.6 Å². The van der Waals surface area contributed by atoms with E-state index in [0.717, 1.165) is 0 Å². The van der Waals surface area contributed by atoms with E-state index in [1.54, 1.807) is 4.90 Å². The van der Waals surface area contributed by atoms with E-state index < -0.39 is 5.82 Å².